The lowest BCUT2D eigenvalue weighted by atomic mass is 10.1. The summed E-state index contributed by atoms with van der Waals surface area (Å²) in [6.07, 6.45) is 0. The van der Waals surface area contributed by atoms with E-state index in [4.69, 9.17) is 0 Å². The predicted octanol–water partition coefficient (Wildman–Crippen LogP) is 2.72. The van der Waals surface area contributed by atoms with Gasteiger partial charge >= 0.3 is 6.61 Å². The van der Waals surface area contributed by atoms with Crippen LogP contribution in [0.15, 0.2) is 53.4 Å². The normalized spacial score (nSPS) is 16.2. The fraction of sp³-hybridized carbons (Fsp3) is 0.235. The number of alkyl halides is 2. The Hall–Kier alpha value is -2.48. The first kappa shape index (κ1) is 17.3. The number of benzene rings is 2. The molecular formula is C17H15F2NO4S. The second kappa shape index (κ2) is 6.79. The van der Waals surface area contributed by atoms with Crippen LogP contribution in [0.25, 0.3) is 0 Å². The van der Waals surface area contributed by atoms with Crippen molar-refractivity contribution >= 4 is 15.7 Å². The maximum Gasteiger partial charge on any atom is 0.387 e. The monoisotopic (exact) mass is 367 g/mol. The molecule has 1 heterocycles. The number of fused-ring (bicyclic) bond motifs is 1. The second-order valence-corrected chi connectivity index (χ2v) is 7.61. The average molecular weight is 367 g/mol. The number of amides is 1. The third kappa shape index (κ3) is 3.63. The van der Waals surface area contributed by atoms with Gasteiger partial charge in [0.05, 0.1) is 16.2 Å². The molecule has 0 saturated heterocycles. The lowest BCUT2D eigenvalue weighted by Crippen LogP contribution is -2.33. The molecule has 1 aliphatic heterocycles. The van der Waals surface area contributed by atoms with E-state index in [0.29, 0.717) is 5.56 Å². The topological polar surface area (TPSA) is 63.7 Å². The molecule has 0 bridgehead atoms. The molecule has 0 fully saturated rings. The van der Waals surface area contributed by atoms with Gasteiger partial charge in [-0.25, -0.2) is 8.42 Å². The van der Waals surface area contributed by atoms with Gasteiger partial charge in [-0.15, -0.1) is 0 Å². The van der Waals surface area contributed by atoms with Crippen LogP contribution in [-0.4, -0.2) is 38.1 Å². The van der Waals surface area contributed by atoms with Crippen molar-refractivity contribution in [3.63, 3.8) is 0 Å². The number of carbonyl (C=O) groups excluding carboxylic acids is 1. The summed E-state index contributed by atoms with van der Waals surface area (Å²) in [5.74, 6) is -1.01. The third-order valence-electron chi connectivity index (χ3n) is 3.92. The molecule has 132 valence electrons. The van der Waals surface area contributed by atoms with Crippen molar-refractivity contribution in [3.8, 4) is 5.75 Å². The molecule has 0 N–H and O–H groups in total. The third-order valence-corrected chi connectivity index (χ3v) is 5.71. The smallest absolute Gasteiger partial charge is 0.387 e. The van der Waals surface area contributed by atoms with Crippen LogP contribution in [0, 0.1) is 0 Å². The van der Waals surface area contributed by atoms with E-state index >= 15 is 0 Å². The Bertz CT molecular complexity index is 899. The summed E-state index contributed by atoms with van der Waals surface area (Å²) in [6, 6.07) is 12.1. The van der Waals surface area contributed by atoms with Crippen LogP contribution in [0.1, 0.15) is 15.9 Å². The molecule has 0 saturated carbocycles. The van der Waals surface area contributed by atoms with Crippen LogP contribution in [0.2, 0.25) is 0 Å². The zero-order valence-corrected chi connectivity index (χ0v) is 13.9. The first-order valence-electron chi connectivity index (χ1n) is 7.52. The minimum atomic E-state index is -3.50. The number of hydrogen-bond acceptors (Lipinski definition) is 4. The van der Waals surface area contributed by atoms with Gasteiger partial charge in [-0.2, -0.15) is 8.78 Å². The summed E-state index contributed by atoms with van der Waals surface area (Å²) < 4.78 is 54.2. The van der Waals surface area contributed by atoms with Crippen LogP contribution in [0.4, 0.5) is 8.78 Å². The van der Waals surface area contributed by atoms with E-state index < -0.39 is 22.4 Å². The number of nitrogens with zero attached hydrogens (tertiary/aromatic N) is 1. The molecule has 0 aliphatic carbocycles. The number of rotatable bonds is 3. The number of sulfone groups is 1. The first-order chi connectivity index (χ1) is 11.9. The average Bonchev–Trinajstić information content (AvgIpc) is 2.71. The van der Waals surface area contributed by atoms with Gasteiger partial charge in [-0.3, -0.25) is 4.79 Å². The van der Waals surface area contributed by atoms with Crippen LogP contribution in [0.3, 0.4) is 0 Å². The molecule has 1 aliphatic rings. The fourth-order valence-electron chi connectivity index (χ4n) is 2.75. The Morgan fingerprint density at radius 3 is 2.52 bits per heavy atom. The SMILES string of the molecule is O=C(c1ccccc1OC(F)F)N1CCS(=O)(=O)c2ccccc2C1. The summed E-state index contributed by atoms with van der Waals surface area (Å²) in [6.45, 7) is -3.00. The Morgan fingerprint density at radius 2 is 1.76 bits per heavy atom. The summed E-state index contributed by atoms with van der Waals surface area (Å²) in [5.41, 5.74) is 0.472. The molecule has 0 aromatic heterocycles. The molecule has 5 nitrogen and oxygen atoms in total. The maximum atomic E-state index is 12.8. The number of hydrogen-bond donors (Lipinski definition) is 0. The minimum absolute atomic E-state index is 0.0282. The summed E-state index contributed by atoms with van der Waals surface area (Å²) in [7, 11) is -3.50. The van der Waals surface area contributed by atoms with Gasteiger partial charge < -0.3 is 9.64 Å². The van der Waals surface area contributed by atoms with Crippen LogP contribution >= 0.6 is 0 Å². The minimum Gasteiger partial charge on any atom is -0.434 e. The zero-order chi connectivity index (χ0) is 18.0. The molecule has 3 rings (SSSR count). The van der Waals surface area contributed by atoms with Crippen molar-refractivity contribution in [1.29, 1.82) is 0 Å². The van der Waals surface area contributed by atoms with E-state index in [1.165, 1.54) is 35.2 Å². The van der Waals surface area contributed by atoms with Crippen LogP contribution in [-0.2, 0) is 16.4 Å². The van der Waals surface area contributed by atoms with Crippen molar-refractivity contribution < 1.29 is 26.7 Å². The molecular weight excluding hydrogens is 352 g/mol. The zero-order valence-electron chi connectivity index (χ0n) is 13.1. The number of ether oxygens (including phenoxy) is 1. The van der Waals surface area contributed by atoms with E-state index in [2.05, 4.69) is 4.74 Å². The maximum absolute atomic E-state index is 12.8. The molecule has 0 unspecified atom stereocenters. The fourth-order valence-corrected chi connectivity index (χ4v) is 4.25. The second-order valence-electron chi connectivity index (χ2n) is 5.53. The molecule has 0 spiro atoms. The van der Waals surface area contributed by atoms with Crippen molar-refractivity contribution in [2.24, 2.45) is 0 Å². The van der Waals surface area contributed by atoms with E-state index in [-0.39, 0.29) is 35.1 Å². The van der Waals surface area contributed by atoms with E-state index in [9.17, 15) is 22.0 Å². The highest BCUT2D eigenvalue weighted by Crippen LogP contribution is 2.26. The molecule has 1 amide bonds. The largest absolute Gasteiger partial charge is 0.434 e. The number of carbonyl (C=O) groups is 1. The highest BCUT2D eigenvalue weighted by Gasteiger charge is 2.29. The van der Waals surface area contributed by atoms with Gasteiger partial charge in [0, 0.05) is 13.1 Å². The van der Waals surface area contributed by atoms with Crippen molar-refractivity contribution in [2.75, 3.05) is 12.3 Å². The molecule has 8 heteroatoms. The van der Waals surface area contributed by atoms with Crippen LogP contribution in [0.5, 0.6) is 5.75 Å². The Balaban J connectivity index is 1.95. The highest BCUT2D eigenvalue weighted by molar-refractivity contribution is 7.91. The van der Waals surface area contributed by atoms with E-state index in [1.54, 1.807) is 18.2 Å². The van der Waals surface area contributed by atoms with Crippen molar-refractivity contribution in [3.05, 3.63) is 59.7 Å². The molecule has 0 atom stereocenters. The molecule has 0 radical (unpaired) electrons. The molecule has 2 aromatic rings. The lowest BCUT2D eigenvalue weighted by Gasteiger charge is -2.21. The van der Waals surface area contributed by atoms with E-state index in [1.807, 2.05) is 0 Å². The van der Waals surface area contributed by atoms with Crippen molar-refractivity contribution in [2.45, 2.75) is 18.1 Å². The van der Waals surface area contributed by atoms with E-state index in [0.717, 1.165) is 0 Å². The standard InChI is InChI=1S/C17H15F2NO4S/c18-17(19)24-14-7-3-2-6-13(14)16(21)20-9-10-25(22,23)15-8-4-1-5-12(15)11-20/h1-8,17H,9-11H2. The van der Waals surface area contributed by atoms with Gasteiger partial charge in [-0.1, -0.05) is 30.3 Å². The summed E-state index contributed by atoms with van der Waals surface area (Å²) >= 11 is 0. The Kier molecular flexibility index (Phi) is 4.71. The van der Waals surface area contributed by atoms with Gasteiger partial charge in [0.2, 0.25) is 0 Å². The first-order valence-corrected chi connectivity index (χ1v) is 9.17. The quantitative estimate of drug-likeness (QED) is 0.837. The lowest BCUT2D eigenvalue weighted by molar-refractivity contribution is -0.0502. The molecule has 25 heavy (non-hydrogen) atoms. The summed E-state index contributed by atoms with van der Waals surface area (Å²) in [4.78, 5) is 14.3. The number of para-hydroxylation sites is 1. The van der Waals surface area contributed by atoms with Crippen molar-refractivity contribution in [1.82, 2.24) is 4.90 Å². The van der Waals surface area contributed by atoms with Gasteiger partial charge in [-0.05, 0) is 23.8 Å². The van der Waals surface area contributed by atoms with Gasteiger partial charge in [0.1, 0.15) is 5.75 Å². The highest BCUT2D eigenvalue weighted by atomic mass is 32.2. The van der Waals surface area contributed by atoms with Gasteiger partial charge in [0.15, 0.2) is 9.84 Å². The number of halogens is 2. The Morgan fingerprint density at radius 1 is 1.08 bits per heavy atom. The van der Waals surface area contributed by atoms with Crippen LogP contribution < -0.4 is 4.74 Å². The Labute approximate surface area is 143 Å². The predicted molar refractivity (Wildman–Crippen MR) is 86.3 cm³/mol. The molecule has 2 aromatic carbocycles. The summed E-state index contributed by atoms with van der Waals surface area (Å²) in [5, 5.41) is 0. The van der Waals surface area contributed by atoms with Gasteiger partial charge in [0.25, 0.3) is 5.91 Å².